The van der Waals surface area contributed by atoms with Crippen molar-refractivity contribution >= 4 is 23.8 Å². The zero-order chi connectivity index (χ0) is 12.6. The van der Waals surface area contributed by atoms with Gasteiger partial charge in [-0.25, -0.2) is 9.59 Å². The maximum Gasteiger partial charge on any atom is 0.328 e. The van der Waals surface area contributed by atoms with Crippen molar-refractivity contribution in [3.8, 4) is 0 Å². The van der Waals surface area contributed by atoms with E-state index < -0.39 is 24.6 Å². The third kappa shape index (κ3) is 6.52. The zero-order valence-electron chi connectivity index (χ0n) is 9.40. The van der Waals surface area contributed by atoms with E-state index in [1.165, 1.54) is 0 Å². The van der Waals surface area contributed by atoms with Crippen molar-refractivity contribution in [2.75, 3.05) is 25.2 Å². The molecule has 0 bridgehead atoms. The van der Waals surface area contributed by atoms with Gasteiger partial charge in [0.2, 0.25) is 0 Å². The van der Waals surface area contributed by atoms with E-state index in [1.807, 2.05) is 13.2 Å². The minimum Gasteiger partial charge on any atom is -0.480 e. The fraction of sp³-hybridized carbons (Fsp3) is 0.778. The van der Waals surface area contributed by atoms with Crippen LogP contribution < -0.4 is 10.6 Å². The van der Waals surface area contributed by atoms with Crippen molar-refractivity contribution in [3.05, 3.63) is 0 Å². The number of urea groups is 1. The smallest absolute Gasteiger partial charge is 0.328 e. The minimum atomic E-state index is -1.25. The van der Waals surface area contributed by atoms with E-state index in [9.17, 15) is 9.59 Å². The lowest BCUT2D eigenvalue weighted by molar-refractivity contribution is -0.140. The van der Waals surface area contributed by atoms with E-state index in [-0.39, 0.29) is 0 Å². The molecule has 0 aromatic rings. The van der Waals surface area contributed by atoms with Gasteiger partial charge in [-0.05, 0) is 17.9 Å². The number of thioether (sulfide) groups is 1. The lowest BCUT2D eigenvalue weighted by atomic mass is 10.2. The van der Waals surface area contributed by atoms with Gasteiger partial charge in [-0.1, -0.05) is 6.92 Å². The molecule has 1 unspecified atom stereocenters. The number of aliphatic hydroxyl groups is 1. The normalized spacial score (nSPS) is 13.9. The van der Waals surface area contributed by atoms with Crippen LogP contribution in [-0.2, 0) is 4.79 Å². The summed E-state index contributed by atoms with van der Waals surface area (Å²) >= 11 is 1.68. The summed E-state index contributed by atoms with van der Waals surface area (Å²) in [6.07, 6.45) is 1.97. The average molecular weight is 250 g/mol. The number of hydrogen-bond acceptors (Lipinski definition) is 4. The Morgan fingerprint density at radius 3 is 2.50 bits per heavy atom. The summed E-state index contributed by atoms with van der Waals surface area (Å²) in [7, 11) is 0. The van der Waals surface area contributed by atoms with Crippen LogP contribution in [0, 0.1) is 5.92 Å². The number of amides is 2. The monoisotopic (exact) mass is 250 g/mol. The van der Waals surface area contributed by atoms with Gasteiger partial charge in [0, 0.05) is 6.54 Å². The van der Waals surface area contributed by atoms with E-state index in [2.05, 4.69) is 10.6 Å². The number of carbonyl (C=O) groups excluding carboxylic acids is 1. The van der Waals surface area contributed by atoms with Gasteiger partial charge in [-0.3, -0.25) is 0 Å². The van der Waals surface area contributed by atoms with Crippen LogP contribution in [0.5, 0.6) is 0 Å². The number of aliphatic carboxylic acids is 1. The number of hydrogen-bond donors (Lipinski definition) is 4. The molecular weight excluding hydrogens is 232 g/mol. The van der Waals surface area contributed by atoms with Crippen molar-refractivity contribution in [1.82, 2.24) is 10.6 Å². The zero-order valence-corrected chi connectivity index (χ0v) is 10.2. The Morgan fingerprint density at radius 1 is 1.44 bits per heavy atom. The van der Waals surface area contributed by atoms with E-state index >= 15 is 0 Å². The molecule has 0 aromatic heterocycles. The highest BCUT2D eigenvalue weighted by Crippen LogP contribution is 2.02. The molecule has 0 aliphatic carbocycles. The maximum absolute atomic E-state index is 11.2. The molecule has 0 aromatic carbocycles. The fourth-order valence-corrected chi connectivity index (χ4v) is 1.69. The Balaban J connectivity index is 3.85. The van der Waals surface area contributed by atoms with E-state index in [4.69, 9.17) is 10.2 Å². The first kappa shape index (κ1) is 15.0. The van der Waals surface area contributed by atoms with Crippen LogP contribution in [0.3, 0.4) is 0 Å². The Labute approximate surface area is 98.8 Å². The molecule has 7 heteroatoms. The Bertz CT molecular complexity index is 238. The molecule has 0 heterocycles. The molecule has 6 nitrogen and oxygen atoms in total. The van der Waals surface area contributed by atoms with Gasteiger partial charge in [0.05, 0.1) is 6.61 Å². The first-order chi connectivity index (χ1) is 7.51. The van der Waals surface area contributed by atoms with Crippen LogP contribution in [0.4, 0.5) is 4.79 Å². The lowest BCUT2D eigenvalue weighted by Gasteiger charge is -2.14. The summed E-state index contributed by atoms with van der Waals surface area (Å²) in [6.45, 7) is 1.84. The second-order valence-corrected chi connectivity index (χ2v) is 4.40. The van der Waals surface area contributed by atoms with E-state index in [1.54, 1.807) is 11.8 Å². The third-order valence-electron chi connectivity index (χ3n) is 1.85. The summed E-state index contributed by atoms with van der Waals surface area (Å²) < 4.78 is 0. The van der Waals surface area contributed by atoms with Crippen molar-refractivity contribution < 1.29 is 19.8 Å². The van der Waals surface area contributed by atoms with E-state index in [0.29, 0.717) is 12.5 Å². The fourth-order valence-electron chi connectivity index (χ4n) is 1.01. The molecular formula is C9H18N2O4S. The number of carboxylic acids is 1. The molecule has 0 spiro atoms. The summed E-state index contributed by atoms with van der Waals surface area (Å²) in [5, 5.41) is 22.0. The van der Waals surface area contributed by atoms with Crippen molar-refractivity contribution in [2.24, 2.45) is 5.92 Å². The molecule has 16 heavy (non-hydrogen) atoms. The molecule has 0 radical (unpaired) electrons. The van der Waals surface area contributed by atoms with Crippen LogP contribution in [0.15, 0.2) is 0 Å². The SMILES string of the molecule is CSCC(C)CNC(=O)N[C@@H](CO)C(=O)O. The summed E-state index contributed by atoms with van der Waals surface area (Å²) in [5.41, 5.74) is 0. The molecule has 0 rings (SSSR count). The molecule has 0 aliphatic rings. The maximum atomic E-state index is 11.2. The average Bonchev–Trinajstić information content (AvgIpc) is 2.23. The number of aliphatic hydroxyl groups excluding tert-OH is 1. The Hall–Kier alpha value is -0.950. The van der Waals surface area contributed by atoms with Crippen LogP contribution in [-0.4, -0.2) is 53.4 Å². The van der Waals surface area contributed by atoms with Gasteiger partial charge in [0.1, 0.15) is 0 Å². The molecule has 94 valence electrons. The Morgan fingerprint density at radius 2 is 2.06 bits per heavy atom. The number of carbonyl (C=O) groups is 2. The standard InChI is InChI=1S/C9H18N2O4S/c1-6(5-16-2)3-10-9(15)11-7(4-12)8(13)14/h6-7,12H,3-5H2,1-2H3,(H,13,14)(H2,10,11,15)/t6?,7-/m0/s1. The number of rotatable bonds is 7. The van der Waals surface area contributed by atoms with Crippen LogP contribution >= 0.6 is 11.8 Å². The van der Waals surface area contributed by atoms with Gasteiger partial charge < -0.3 is 20.8 Å². The molecule has 2 amide bonds. The van der Waals surface area contributed by atoms with Crippen LogP contribution in [0.1, 0.15) is 6.92 Å². The topological polar surface area (TPSA) is 98.7 Å². The summed E-state index contributed by atoms with van der Waals surface area (Å²) in [5.74, 6) is -0.0178. The molecule has 0 aliphatic heterocycles. The predicted octanol–water partition coefficient (Wildman–Crippen LogP) is -0.270. The number of nitrogens with one attached hydrogen (secondary N) is 2. The quantitative estimate of drug-likeness (QED) is 0.498. The van der Waals surface area contributed by atoms with Gasteiger partial charge in [0.15, 0.2) is 6.04 Å². The molecule has 0 saturated heterocycles. The van der Waals surface area contributed by atoms with E-state index in [0.717, 1.165) is 5.75 Å². The van der Waals surface area contributed by atoms with Gasteiger partial charge in [0.25, 0.3) is 0 Å². The van der Waals surface area contributed by atoms with Crippen molar-refractivity contribution in [1.29, 1.82) is 0 Å². The molecule has 0 saturated carbocycles. The van der Waals surface area contributed by atoms with Crippen LogP contribution in [0.25, 0.3) is 0 Å². The largest absolute Gasteiger partial charge is 0.480 e. The Kier molecular flexibility index (Phi) is 7.74. The highest BCUT2D eigenvalue weighted by atomic mass is 32.2. The third-order valence-corrected chi connectivity index (χ3v) is 2.75. The van der Waals surface area contributed by atoms with Gasteiger partial charge in [-0.2, -0.15) is 11.8 Å². The summed E-state index contributed by atoms with van der Waals surface area (Å²) in [6, 6.07) is -1.83. The molecule has 4 N–H and O–H groups in total. The lowest BCUT2D eigenvalue weighted by Crippen LogP contribution is -2.48. The van der Waals surface area contributed by atoms with Crippen molar-refractivity contribution in [2.45, 2.75) is 13.0 Å². The second-order valence-electron chi connectivity index (χ2n) is 3.49. The highest BCUT2D eigenvalue weighted by molar-refractivity contribution is 7.98. The van der Waals surface area contributed by atoms with Crippen molar-refractivity contribution in [3.63, 3.8) is 0 Å². The first-order valence-electron chi connectivity index (χ1n) is 4.88. The highest BCUT2D eigenvalue weighted by Gasteiger charge is 2.18. The van der Waals surface area contributed by atoms with Crippen LogP contribution in [0.2, 0.25) is 0 Å². The first-order valence-corrected chi connectivity index (χ1v) is 6.27. The molecule has 0 fully saturated rings. The minimum absolute atomic E-state index is 0.318. The predicted molar refractivity (Wildman–Crippen MR) is 62.6 cm³/mol. The summed E-state index contributed by atoms with van der Waals surface area (Å²) in [4.78, 5) is 21.7. The van der Waals surface area contributed by atoms with Gasteiger partial charge >= 0.3 is 12.0 Å². The second kappa shape index (κ2) is 8.23. The number of carboxylic acid groups (broad SMARTS) is 1. The molecule has 2 atom stereocenters. The van der Waals surface area contributed by atoms with Gasteiger partial charge in [-0.15, -0.1) is 0 Å².